The number of nitrogens with zero attached hydrogens (tertiary/aromatic N) is 4. The van der Waals surface area contributed by atoms with Crippen molar-refractivity contribution in [1.82, 2.24) is 14.5 Å². The lowest BCUT2D eigenvalue weighted by atomic mass is 10.0. The minimum absolute atomic E-state index is 0.185. The summed E-state index contributed by atoms with van der Waals surface area (Å²) in [7, 11) is 3.68. The zero-order chi connectivity index (χ0) is 20.5. The molecule has 0 unspecified atom stereocenters. The van der Waals surface area contributed by atoms with Crippen LogP contribution in [0.2, 0.25) is 0 Å². The fourth-order valence-corrected chi connectivity index (χ4v) is 3.15. The van der Waals surface area contributed by atoms with E-state index in [-0.39, 0.29) is 17.7 Å². The number of hydrogen-bond acceptors (Lipinski definition) is 4. The number of para-hydroxylation sites is 1. The van der Waals surface area contributed by atoms with Crippen LogP contribution in [0.25, 0.3) is 22.0 Å². The first-order chi connectivity index (χ1) is 13.9. The minimum Gasteiger partial charge on any atom is -0.363 e. The Morgan fingerprint density at radius 1 is 0.966 bits per heavy atom. The molecule has 0 amide bonds. The van der Waals surface area contributed by atoms with Gasteiger partial charge in [-0.05, 0) is 47.5 Å². The molecule has 0 radical (unpaired) electrons. The number of anilines is 1. The Morgan fingerprint density at radius 3 is 2.41 bits per heavy atom. The molecule has 0 N–H and O–H groups in total. The Balaban J connectivity index is 1.73. The highest BCUT2D eigenvalue weighted by Gasteiger charge is 2.15. The molecule has 0 aliphatic carbocycles. The zero-order valence-corrected chi connectivity index (χ0v) is 15.9. The smallest absolute Gasteiger partial charge is 0.261 e. The van der Waals surface area contributed by atoms with E-state index in [9.17, 15) is 13.6 Å². The van der Waals surface area contributed by atoms with E-state index >= 15 is 0 Å². The summed E-state index contributed by atoms with van der Waals surface area (Å²) in [5, 5.41) is 0.403. The molecule has 7 heteroatoms. The monoisotopic (exact) mass is 392 g/mol. The summed E-state index contributed by atoms with van der Waals surface area (Å²) < 4.78 is 30.8. The molecule has 5 nitrogen and oxygen atoms in total. The standard InChI is InChI=1S/C22H18F2N4O/c1-27(2)21-11-14(7-8-25-21)15-9-18(23)17(19(24)10-15)12-28-13-26-20-6-4-3-5-16(20)22(28)29/h3-11,13H,12H2,1-2H3. The molecule has 2 heterocycles. The van der Waals surface area contributed by atoms with Crippen molar-refractivity contribution in [2.45, 2.75) is 6.54 Å². The molecular formula is C22H18F2N4O. The van der Waals surface area contributed by atoms with E-state index in [1.807, 2.05) is 19.0 Å². The summed E-state index contributed by atoms with van der Waals surface area (Å²) >= 11 is 0. The molecule has 0 aliphatic heterocycles. The van der Waals surface area contributed by atoms with Crippen LogP contribution in [-0.4, -0.2) is 28.6 Å². The summed E-state index contributed by atoms with van der Waals surface area (Å²) in [5.74, 6) is -0.757. The van der Waals surface area contributed by atoms with Gasteiger partial charge in [0.25, 0.3) is 5.56 Å². The van der Waals surface area contributed by atoms with Crippen LogP contribution in [0.3, 0.4) is 0 Å². The molecule has 2 aromatic carbocycles. The molecule has 0 saturated heterocycles. The maximum atomic E-state index is 14.8. The number of aromatic nitrogens is 3. The summed E-state index contributed by atoms with van der Waals surface area (Å²) in [6.07, 6.45) is 2.90. The molecule has 2 aromatic heterocycles. The fourth-order valence-electron chi connectivity index (χ4n) is 3.15. The van der Waals surface area contributed by atoms with Crippen LogP contribution >= 0.6 is 0 Å². The minimum atomic E-state index is -0.719. The van der Waals surface area contributed by atoms with Gasteiger partial charge in [0.1, 0.15) is 17.5 Å². The van der Waals surface area contributed by atoms with Gasteiger partial charge < -0.3 is 4.90 Å². The van der Waals surface area contributed by atoms with E-state index < -0.39 is 11.6 Å². The van der Waals surface area contributed by atoms with E-state index in [0.717, 1.165) is 0 Å². The first-order valence-corrected chi connectivity index (χ1v) is 9.00. The lowest BCUT2D eigenvalue weighted by Gasteiger charge is -2.13. The maximum absolute atomic E-state index is 14.8. The highest BCUT2D eigenvalue weighted by Crippen LogP contribution is 2.26. The lowest BCUT2D eigenvalue weighted by Crippen LogP contribution is -2.22. The number of rotatable bonds is 4. The summed E-state index contributed by atoms with van der Waals surface area (Å²) in [6, 6.07) is 12.8. The third kappa shape index (κ3) is 3.59. The van der Waals surface area contributed by atoms with Crippen molar-refractivity contribution in [1.29, 1.82) is 0 Å². The molecular weight excluding hydrogens is 374 g/mol. The Kier molecular flexibility index (Phi) is 4.80. The van der Waals surface area contributed by atoms with E-state index in [1.165, 1.54) is 23.0 Å². The van der Waals surface area contributed by atoms with E-state index in [1.54, 1.807) is 42.6 Å². The molecule has 0 atom stereocenters. The maximum Gasteiger partial charge on any atom is 0.261 e. The molecule has 0 aliphatic rings. The van der Waals surface area contributed by atoms with Gasteiger partial charge in [0.15, 0.2) is 0 Å². The molecule has 4 aromatic rings. The fraction of sp³-hybridized carbons (Fsp3) is 0.136. The van der Waals surface area contributed by atoms with Crippen molar-refractivity contribution in [3.63, 3.8) is 0 Å². The average Bonchev–Trinajstić information content (AvgIpc) is 2.72. The number of pyridine rings is 1. The number of halogens is 2. The van der Waals surface area contributed by atoms with E-state index in [4.69, 9.17) is 0 Å². The lowest BCUT2D eigenvalue weighted by molar-refractivity contribution is 0.541. The number of fused-ring (bicyclic) bond motifs is 1. The molecule has 4 rings (SSSR count). The second-order valence-corrected chi connectivity index (χ2v) is 6.91. The van der Waals surface area contributed by atoms with Crippen molar-refractivity contribution in [2.24, 2.45) is 0 Å². The highest BCUT2D eigenvalue weighted by molar-refractivity contribution is 5.77. The van der Waals surface area contributed by atoms with Crippen LogP contribution < -0.4 is 10.5 Å². The second kappa shape index (κ2) is 7.43. The van der Waals surface area contributed by atoms with Crippen molar-refractivity contribution in [3.8, 4) is 11.1 Å². The molecule has 0 bridgehead atoms. The topological polar surface area (TPSA) is 51.0 Å². The summed E-state index contributed by atoms with van der Waals surface area (Å²) in [4.78, 5) is 22.8. The third-order valence-corrected chi connectivity index (χ3v) is 4.74. The van der Waals surface area contributed by atoms with E-state index in [0.29, 0.717) is 27.8 Å². The van der Waals surface area contributed by atoms with E-state index in [2.05, 4.69) is 9.97 Å². The predicted molar refractivity (Wildman–Crippen MR) is 109 cm³/mol. The largest absolute Gasteiger partial charge is 0.363 e. The number of hydrogen-bond donors (Lipinski definition) is 0. The average molecular weight is 392 g/mol. The first-order valence-electron chi connectivity index (χ1n) is 9.00. The van der Waals surface area contributed by atoms with Crippen LogP contribution in [0.4, 0.5) is 14.6 Å². The van der Waals surface area contributed by atoms with Gasteiger partial charge in [-0.25, -0.2) is 18.7 Å². The Labute approximate surface area is 165 Å². The van der Waals surface area contributed by atoms with Crippen LogP contribution in [0.15, 0.2) is 65.8 Å². The SMILES string of the molecule is CN(C)c1cc(-c2cc(F)c(Cn3cnc4ccccc4c3=O)c(F)c2)ccn1. The molecule has 0 saturated carbocycles. The molecule has 0 spiro atoms. The van der Waals surface area contributed by atoms with Crippen molar-refractivity contribution < 1.29 is 8.78 Å². The van der Waals surface area contributed by atoms with Crippen molar-refractivity contribution >= 4 is 16.7 Å². The Morgan fingerprint density at radius 2 is 1.69 bits per heavy atom. The van der Waals surface area contributed by atoms with Crippen LogP contribution in [-0.2, 0) is 6.54 Å². The van der Waals surface area contributed by atoms with Crippen molar-refractivity contribution in [3.05, 3.63) is 88.6 Å². The van der Waals surface area contributed by atoms with Crippen LogP contribution in [0.5, 0.6) is 0 Å². The van der Waals surface area contributed by atoms with Crippen LogP contribution in [0, 0.1) is 11.6 Å². The van der Waals surface area contributed by atoms with Gasteiger partial charge in [0.05, 0.1) is 23.8 Å². The first kappa shape index (κ1) is 18.7. The zero-order valence-electron chi connectivity index (χ0n) is 15.9. The van der Waals surface area contributed by atoms with Gasteiger partial charge in [-0.1, -0.05) is 12.1 Å². The van der Waals surface area contributed by atoms with Gasteiger partial charge >= 0.3 is 0 Å². The van der Waals surface area contributed by atoms with Gasteiger partial charge in [0, 0.05) is 25.9 Å². The Hall–Kier alpha value is -3.61. The molecule has 146 valence electrons. The molecule has 29 heavy (non-hydrogen) atoms. The summed E-state index contributed by atoms with van der Waals surface area (Å²) in [6.45, 7) is -0.242. The Bertz CT molecular complexity index is 1240. The predicted octanol–water partition coefficient (Wildman–Crippen LogP) is 3.85. The second-order valence-electron chi connectivity index (χ2n) is 6.91. The normalized spacial score (nSPS) is 11.0. The van der Waals surface area contributed by atoms with Gasteiger partial charge in [0.2, 0.25) is 0 Å². The van der Waals surface area contributed by atoms with Gasteiger partial charge in [-0.3, -0.25) is 9.36 Å². The quantitative estimate of drug-likeness (QED) is 0.529. The summed E-state index contributed by atoms with van der Waals surface area (Å²) in [5.41, 5.74) is 1.06. The highest BCUT2D eigenvalue weighted by atomic mass is 19.1. The van der Waals surface area contributed by atoms with Gasteiger partial charge in [-0.15, -0.1) is 0 Å². The number of benzene rings is 2. The molecule has 0 fully saturated rings. The third-order valence-electron chi connectivity index (χ3n) is 4.74. The van der Waals surface area contributed by atoms with Gasteiger partial charge in [-0.2, -0.15) is 0 Å². The van der Waals surface area contributed by atoms with Crippen LogP contribution in [0.1, 0.15) is 5.56 Å². The van der Waals surface area contributed by atoms with Crippen molar-refractivity contribution in [2.75, 3.05) is 19.0 Å².